The minimum absolute atomic E-state index is 0.335. The number of carbonyl (C=O) groups excluding carboxylic acids is 1. The molecule has 2 aromatic carbocycles. The highest BCUT2D eigenvalue weighted by Crippen LogP contribution is 2.52. The molecule has 1 unspecified atom stereocenters. The fourth-order valence-corrected chi connectivity index (χ4v) is 2.83. The highest BCUT2D eigenvalue weighted by atomic mass is 16.7. The monoisotopic (exact) mass is 282 g/mol. The van der Waals surface area contributed by atoms with Crippen LogP contribution in [0.25, 0.3) is 0 Å². The third kappa shape index (κ3) is 2.24. The molecule has 0 spiro atoms. The van der Waals surface area contributed by atoms with Crippen molar-refractivity contribution in [1.82, 2.24) is 0 Å². The van der Waals surface area contributed by atoms with Crippen LogP contribution in [0.2, 0.25) is 0 Å². The molecule has 1 saturated heterocycles. The van der Waals surface area contributed by atoms with E-state index in [1.165, 1.54) is 7.11 Å². The number of hydrogen-bond acceptors (Lipinski definition) is 3. The van der Waals surface area contributed by atoms with Crippen LogP contribution < -0.4 is 0 Å². The summed E-state index contributed by atoms with van der Waals surface area (Å²) >= 11 is 0. The zero-order valence-electron chi connectivity index (χ0n) is 12.4. The number of rotatable bonds is 3. The Balaban J connectivity index is 2.12. The van der Waals surface area contributed by atoms with Crippen LogP contribution in [0.4, 0.5) is 0 Å². The second kappa shape index (κ2) is 5.01. The molecule has 0 amide bonds. The van der Waals surface area contributed by atoms with Crippen molar-refractivity contribution >= 4 is 5.97 Å². The first-order valence-corrected chi connectivity index (χ1v) is 6.98. The van der Waals surface area contributed by atoms with Gasteiger partial charge in [-0.2, -0.15) is 0 Å². The summed E-state index contributed by atoms with van der Waals surface area (Å²) in [5, 5.41) is 0. The lowest BCUT2D eigenvalue weighted by Gasteiger charge is -2.15. The molecule has 3 rings (SSSR count). The molecule has 0 bridgehead atoms. The van der Waals surface area contributed by atoms with E-state index in [4.69, 9.17) is 9.47 Å². The van der Waals surface area contributed by atoms with E-state index in [1.807, 2.05) is 50.2 Å². The fraction of sp³-hybridized carbons (Fsp3) is 0.278. The Morgan fingerprint density at radius 3 is 2.00 bits per heavy atom. The number of methoxy groups -OCH3 is 1. The van der Waals surface area contributed by atoms with Gasteiger partial charge in [0.2, 0.25) is 0 Å². The van der Waals surface area contributed by atoms with Crippen LogP contribution >= 0.6 is 0 Å². The van der Waals surface area contributed by atoms with Crippen molar-refractivity contribution in [3.63, 3.8) is 0 Å². The number of benzene rings is 2. The zero-order chi connectivity index (χ0) is 15.0. The molecule has 1 atom stereocenters. The number of hydrogen-bond donors (Lipinski definition) is 0. The molecule has 0 saturated carbocycles. The Morgan fingerprint density at radius 1 is 1.05 bits per heavy atom. The number of aryl methyl sites for hydroxylation is 2. The summed E-state index contributed by atoms with van der Waals surface area (Å²) in [6.45, 7) is 4.06. The predicted molar refractivity (Wildman–Crippen MR) is 80.0 cm³/mol. The molecule has 3 heteroatoms. The van der Waals surface area contributed by atoms with Gasteiger partial charge in [-0.25, -0.2) is 4.79 Å². The summed E-state index contributed by atoms with van der Waals surface area (Å²) < 4.78 is 10.7. The van der Waals surface area contributed by atoms with Crippen molar-refractivity contribution < 1.29 is 14.3 Å². The van der Waals surface area contributed by atoms with Gasteiger partial charge in [0.25, 0.3) is 0 Å². The topological polar surface area (TPSA) is 38.8 Å². The maximum absolute atomic E-state index is 12.0. The van der Waals surface area contributed by atoms with E-state index in [1.54, 1.807) is 0 Å². The zero-order valence-corrected chi connectivity index (χ0v) is 12.4. The molecule has 2 aromatic rings. The van der Waals surface area contributed by atoms with Crippen LogP contribution in [0.15, 0.2) is 48.5 Å². The average Bonchev–Trinajstić information content (AvgIpc) is 3.23. The van der Waals surface area contributed by atoms with Crippen LogP contribution in [0, 0.1) is 13.8 Å². The molecular formula is C18H18O3. The molecule has 108 valence electrons. The van der Waals surface area contributed by atoms with Gasteiger partial charge in [0, 0.05) is 0 Å². The highest BCUT2D eigenvalue weighted by molar-refractivity contribution is 5.81. The van der Waals surface area contributed by atoms with E-state index in [-0.39, 0.29) is 5.97 Å². The molecule has 21 heavy (non-hydrogen) atoms. The second-order valence-electron chi connectivity index (χ2n) is 5.50. The van der Waals surface area contributed by atoms with Gasteiger partial charge in [0.05, 0.1) is 7.11 Å². The van der Waals surface area contributed by atoms with Gasteiger partial charge in [0.15, 0.2) is 11.7 Å². The number of ether oxygens (including phenoxy) is 2. The van der Waals surface area contributed by atoms with Crippen molar-refractivity contribution in [2.24, 2.45) is 0 Å². The number of esters is 1. The van der Waals surface area contributed by atoms with E-state index in [9.17, 15) is 4.79 Å². The molecule has 1 fully saturated rings. The first kappa shape index (κ1) is 13.8. The van der Waals surface area contributed by atoms with Gasteiger partial charge in [-0.15, -0.1) is 0 Å². The minimum atomic E-state index is -0.717. The Morgan fingerprint density at radius 2 is 1.57 bits per heavy atom. The Bertz CT molecular complexity index is 645. The van der Waals surface area contributed by atoms with Crippen molar-refractivity contribution in [3.8, 4) is 0 Å². The maximum atomic E-state index is 12.0. The van der Waals surface area contributed by atoms with E-state index in [0.29, 0.717) is 0 Å². The fourth-order valence-electron chi connectivity index (χ4n) is 2.83. The average molecular weight is 282 g/mol. The molecular weight excluding hydrogens is 264 g/mol. The molecule has 0 N–H and O–H groups in total. The lowest BCUT2D eigenvalue weighted by molar-refractivity contribution is -0.142. The summed E-state index contributed by atoms with van der Waals surface area (Å²) in [6.07, 6.45) is -0.578. The van der Waals surface area contributed by atoms with Crippen molar-refractivity contribution in [2.45, 2.75) is 25.6 Å². The lowest BCUT2D eigenvalue weighted by Crippen LogP contribution is -2.22. The van der Waals surface area contributed by atoms with Crippen LogP contribution in [0.5, 0.6) is 0 Å². The molecule has 1 aliphatic rings. The first-order chi connectivity index (χ1) is 10.1. The van der Waals surface area contributed by atoms with Crippen molar-refractivity contribution in [3.05, 3.63) is 70.8 Å². The third-order valence-corrected chi connectivity index (χ3v) is 3.92. The van der Waals surface area contributed by atoms with Gasteiger partial charge in [-0.1, -0.05) is 59.7 Å². The Hall–Kier alpha value is -2.13. The quantitative estimate of drug-likeness (QED) is 0.641. The molecule has 0 radical (unpaired) electrons. The van der Waals surface area contributed by atoms with Gasteiger partial charge < -0.3 is 9.47 Å². The van der Waals surface area contributed by atoms with E-state index < -0.39 is 11.7 Å². The highest BCUT2D eigenvalue weighted by Gasteiger charge is 2.64. The van der Waals surface area contributed by atoms with Crippen molar-refractivity contribution in [1.29, 1.82) is 0 Å². The van der Waals surface area contributed by atoms with E-state index in [2.05, 4.69) is 12.1 Å². The standard InChI is InChI=1S/C18H18O3/c1-12-6-4-8-14(10-12)18(16(21-18)17(19)20-3)15-9-5-7-13(2)11-15/h4-11,16H,1-3H3. The Kier molecular flexibility index (Phi) is 3.30. The summed E-state index contributed by atoms with van der Waals surface area (Å²) in [6, 6.07) is 16.1. The normalized spacial score (nSPS) is 19.1. The minimum Gasteiger partial charge on any atom is -0.467 e. The number of carbonyl (C=O) groups is 1. The molecule has 0 aromatic heterocycles. The molecule has 1 heterocycles. The van der Waals surface area contributed by atoms with Gasteiger partial charge in [0.1, 0.15) is 0 Å². The van der Waals surface area contributed by atoms with Crippen LogP contribution in [-0.4, -0.2) is 19.2 Å². The van der Waals surface area contributed by atoms with Crippen LogP contribution in [0.1, 0.15) is 22.3 Å². The second-order valence-corrected chi connectivity index (χ2v) is 5.50. The predicted octanol–water partition coefficient (Wildman–Crippen LogP) is 3.12. The molecule has 0 aliphatic carbocycles. The summed E-state index contributed by atoms with van der Waals surface area (Å²) in [5.74, 6) is -0.335. The number of epoxide rings is 1. The van der Waals surface area contributed by atoms with Gasteiger partial charge in [-0.05, 0) is 25.0 Å². The van der Waals surface area contributed by atoms with Crippen LogP contribution in [-0.2, 0) is 19.9 Å². The SMILES string of the molecule is COC(=O)C1OC1(c1cccc(C)c1)c1cccc(C)c1. The summed E-state index contributed by atoms with van der Waals surface area (Å²) in [7, 11) is 1.39. The third-order valence-electron chi connectivity index (χ3n) is 3.92. The van der Waals surface area contributed by atoms with E-state index >= 15 is 0 Å². The lowest BCUT2D eigenvalue weighted by atomic mass is 9.86. The van der Waals surface area contributed by atoms with E-state index in [0.717, 1.165) is 22.3 Å². The van der Waals surface area contributed by atoms with Gasteiger partial charge in [-0.3, -0.25) is 0 Å². The maximum Gasteiger partial charge on any atom is 0.338 e. The van der Waals surface area contributed by atoms with Gasteiger partial charge >= 0.3 is 5.97 Å². The summed E-state index contributed by atoms with van der Waals surface area (Å²) in [5.41, 5.74) is 3.54. The van der Waals surface area contributed by atoms with Crippen LogP contribution in [0.3, 0.4) is 0 Å². The largest absolute Gasteiger partial charge is 0.467 e. The Labute approximate surface area is 124 Å². The van der Waals surface area contributed by atoms with Crippen molar-refractivity contribution in [2.75, 3.05) is 7.11 Å². The summed E-state index contributed by atoms with van der Waals surface area (Å²) in [4.78, 5) is 12.0. The molecule has 3 nitrogen and oxygen atoms in total. The smallest absolute Gasteiger partial charge is 0.338 e. The molecule has 1 aliphatic heterocycles. The first-order valence-electron chi connectivity index (χ1n) is 6.98.